The SMILES string of the molecule is CC/C=C\C/C=C\C/C=C\C/C=C\C/C=C\CCCCCCCC(=O)NC(COP(=O)(O)OCC[N+](C)(C)C)C(O)C(O)CCC/C=C/CC/C=C/CCCCC. The monoisotopic (exact) mass is 820 g/mol. The van der Waals surface area contributed by atoms with E-state index >= 15 is 0 Å². The zero-order chi connectivity index (χ0) is 42.3. The van der Waals surface area contributed by atoms with Crippen LogP contribution in [-0.2, 0) is 18.4 Å². The molecule has 0 spiro atoms. The Morgan fingerprint density at radius 2 is 1.11 bits per heavy atom. The lowest BCUT2D eigenvalue weighted by Gasteiger charge is -2.28. The Labute approximate surface area is 349 Å². The summed E-state index contributed by atoms with van der Waals surface area (Å²) in [5.74, 6) is -0.297. The van der Waals surface area contributed by atoms with Gasteiger partial charge in [0.25, 0.3) is 0 Å². The minimum Gasteiger partial charge on any atom is -0.390 e. The average molecular weight is 820 g/mol. The molecule has 0 fully saturated rings. The first-order valence-corrected chi connectivity index (χ1v) is 23.5. The Hall–Kier alpha value is -2.36. The first-order chi connectivity index (χ1) is 27.4. The Morgan fingerprint density at radius 3 is 1.67 bits per heavy atom. The average Bonchev–Trinajstić information content (AvgIpc) is 3.16. The Kier molecular flexibility index (Phi) is 36.3. The van der Waals surface area contributed by atoms with Crippen molar-refractivity contribution < 1.29 is 38.0 Å². The summed E-state index contributed by atoms with van der Waals surface area (Å²) in [6.07, 6.45) is 47.9. The number of nitrogens with one attached hydrogen (secondary N) is 1. The van der Waals surface area contributed by atoms with Gasteiger partial charge in [0, 0.05) is 6.42 Å². The summed E-state index contributed by atoms with van der Waals surface area (Å²) in [4.78, 5) is 23.2. The second kappa shape index (κ2) is 37.9. The fraction of sp³-hybridized carbons (Fsp3) is 0.681. The number of hydrogen-bond acceptors (Lipinski definition) is 6. The molecule has 328 valence electrons. The maximum atomic E-state index is 12.9. The van der Waals surface area contributed by atoms with E-state index in [0.717, 1.165) is 89.9 Å². The summed E-state index contributed by atoms with van der Waals surface area (Å²) in [6.45, 7) is 4.38. The van der Waals surface area contributed by atoms with E-state index in [1.807, 2.05) is 21.1 Å². The molecule has 4 atom stereocenters. The quantitative estimate of drug-likeness (QED) is 0.0212. The number of nitrogens with zero attached hydrogens (tertiary/aromatic N) is 1. The maximum Gasteiger partial charge on any atom is 0.472 e. The van der Waals surface area contributed by atoms with Gasteiger partial charge in [-0.1, -0.05) is 131 Å². The van der Waals surface area contributed by atoms with Gasteiger partial charge in [-0.15, -0.1) is 0 Å². The molecule has 0 aromatic rings. The minimum atomic E-state index is -4.44. The predicted octanol–water partition coefficient (Wildman–Crippen LogP) is 11.2. The van der Waals surface area contributed by atoms with E-state index in [0.29, 0.717) is 30.3 Å². The fourth-order valence-corrected chi connectivity index (χ4v) is 6.39. The Morgan fingerprint density at radius 1 is 0.632 bits per heavy atom. The molecule has 0 saturated carbocycles. The molecule has 4 N–H and O–H groups in total. The smallest absolute Gasteiger partial charge is 0.390 e. The van der Waals surface area contributed by atoms with Gasteiger partial charge < -0.3 is 24.9 Å². The van der Waals surface area contributed by atoms with Crippen molar-refractivity contribution in [2.45, 2.75) is 167 Å². The molecule has 0 aromatic carbocycles. The number of amides is 1. The van der Waals surface area contributed by atoms with E-state index in [-0.39, 0.29) is 18.9 Å². The van der Waals surface area contributed by atoms with E-state index in [1.54, 1.807) is 0 Å². The van der Waals surface area contributed by atoms with Crippen LogP contribution in [0.5, 0.6) is 0 Å². The van der Waals surface area contributed by atoms with Gasteiger partial charge in [0.1, 0.15) is 19.3 Å². The molecule has 4 unspecified atom stereocenters. The number of phosphoric ester groups is 1. The molecule has 0 heterocycles. The van der Waals surface area contributed by atoms with Crippen LogP contribution < -0.4 is 5.32 Å². The van der Waals surface area contributed by atoms with Gasteiger partial charge in [-0.3, -0.25) is 13.8 Å². The number of aliphatic hydroxyl groups excluding tert-OH is 2. The fourth-order valence-electron chi connectivity index (χ4n) is 5.65. The van der Waals surface area contributed by atoms with Gasteiger partial charge in [-0.25, -0.2) is 4.57 Å². The maximum absolute atomic E-state index is 12.9. The summed E-state index contributed by atoms with van der Waals surface area (Å²) >= 11 is 0. The zero-order valence-electron chi connectivity index (χ0n) is 36.7. The van der Waals surface area contributed by atoms with Crippen LogP contribution in [0.25, 0.3) is 0 Å². The highest BCUT2D eigenvalue weighted by molar-refractivity contribution is 7.47. The Balaban J connectivity index is 4.58. The van der Waals surface area contributed by atoms with Crippen LogP contribution in [0, 0.1) is 0 Å². The summed E-state index contributed by atoms with van der Waals surface area (Å²) in [7, 11) is 1.38. The van der Waals surface area contributed by atoms with Crippen LogP contribution in [0.1, 0.15) is 149 Å². The third kappa shape index (κ3) is 38.9. The summed E-state index contributed by atoms with van der Waals surface area (Å²) in [5, 5.41) is 24.6. The van der Waals surface area contributed by atoms with Crippen molar-refractivity contribution in [2.24, 2.45) is 0 Å². The number of allylic oxidation sites excluding steroid dienone is 14. The van der Waals surface area contributed by atoms with E-state index in [4.69, 9.17) is 9.05 Å². The largest absolute Gasteiger partial charge is 0.472 e. The number of rotatable bonds is 38. The third-order valence-corrected chi connectivity index (χ3v) is 10.2. The minimum absolute atomic E-state index is 0.00453. The third-order valence-electron chi connectivity index (χ3n) is 9.20. The molecule has 9 nitrogen and oxygen atoms in total. The van der Waals surface area contributed by atoms with Crippen LogP contribution in [0.15, 0.2) is 85.1 Å². The van der Waals surface area contributed by atoms with Crippen LogP contribution >= 0.6 is 7.82 Å². The van der Waals surface area contributed by atoms with Crippen molar-refractivity contribution in [3.05, 3.63) is 85.1 Å². The van der Waals surface area contributed by atoms with Crippen LogP contribution in [0.2, 0.25) is 0 Å². The molecule has 0 bridgehead atoms. The van der Waals surface area contributed by atoms with E-state index < -0.39 is 32.7 Å². The highest BCUT2D eigenvalue weighted by Gasteiger charge is 2.31. The van der Waals surface area contributed by atoms with E-state index in [9.17, 15) is 24.5 Å². The molecule has 0 aliphatic heterocycles. The van der Waals surface area contributed by atoms with Gasteiger partial charge >= 0.3 is 7.82 Å². The number of aliphatic hydroxyl groups is 2. The molecule has 57 heavy (non-hydrogen) atoms. The number of likely N-dealkylation sites (N-methyl/N-ethyl adjacent to an activating group) is 1. The molecule has 0 aromatic heterocycles. The Bertz CT molecular complexity index is 1220. The lowest BCUT2D eigenvalue weighted by atomic mass is 10.0. The van der Waals surface area contributed by atoms with Crippen molar-refractivity contribution in [3.8, 4) is 0 Å². The number of hydrogen-bond donors (Lipinski definition) is 4. The summed E-state index contributed by atoms with van der Waals surface area (Å²) in [5.41, 5.74) is 0. The number of carbonyl (C=O) groups excluding carboxylic acids is 1. The van der Waals surface area contributed by atoms with Crippen LogP contribution in [0.4, 0.5) is 0 Å². The highest BCUT2D eigenvalue weighted by atomic mass is 31.2. The predicted molar refractivity (Wildman–Crippen MR) is 241 cm³/mol. The lowest BCUT2D eigenvalue weighted by molar-refractivity contribution is -0.870. The van der Waals surface area contributed by atoms with Crippen LogP contribution in [0.3, 0.4) is 0 Å². The summed E-state index contributed by atoms with van der Waals surface area (Å²) in [6, 6.07) is -1.07. The number of quaternary nitrogens is 1. The second-order valence-corrected chi connectivity index (χ2v) is 17.3. The molecular formula is C47H84N2O7P+. The molecule has 10 heteroatoms. The second-order valence-electron chi connectivity index (χ2n) is 15.8. The molecule has 0 saturated heterocycles. The van der Waals surface area contributed by atoms with Crippen molar-refractivity contribution >= 4 is 13.7 Å². The van der Waals surface area contributed by atoms with Gasteiger partial charge in [0.05, 0.1) is 39.9 Å². The first kappa shape index (κ1) is 54.6. The van der Waals surface area contributed by atoms with Crippen molar-refractivity contribution in [1.82, 2.24) is 5.32 Å². The number of unbranched alkanes of at least 4 members (excludes halogenated alkanes) is 10. The van der Waals surface area contributed by atoms with E-state index in [2.05, 4.69) is 104 Å². The molecule has 0 aliphatic rings. The van der Waals surface area contributed by atoms with Crippen molar-refractivity contribution in [2.75, 3.05) is 40.9 Å². The van der Waals surface area contributed by atoms with E-state index in [1.165, 1.54) is 19.3 Å². The molecule has 0 radical (unpaired) electrons. The standard InChI is InChI=1S/C47H83N2O7P/c1-6-8-10-12-14-16-18-20-21-22-23-24-25-26-27-28-30-32-34-36-38-40-46(51)48-44(43-56-57(53,54)55-42-41-49(3,4)5)47(52)45(50)39-37-35-33-31-29-19-17-15-13-11-9-7-2/h8,10,14-17,20-21,23-24,26-27,31,33,44-45,47,50,52H,6-7,9,11-13,18-19,22,25,28-30,32,34-43H2,1-5H3,(H-,48,51,53,54)/p+1/b10-8-,16-14-,17-15+,21-20-,24-23-,27-26-,33-31+. The van der Waals surface area contributed by atoms with Crippen molar-refractivity contribution in [3.63, 3.8) is 0 Å². The van der Waals surface area contributed by atoms with Gasteiger partial charge in [0.2, 0.25) is 5.91 Å². The summed E-state index contributed by atoms with van der Waals surface area (Å²) < 4.78 is 23.4. The van der Waals surface area contributed by atoms with Crippen molar-refractivity contribution in [1.29, 1.82) is 0 Å². The van der Waals surface area contributed by atoms with Gasteiger partial charge in [-0.2, -0.15) is 0 Å². The molecule has 0 rings (SSSR count). The lowest BCUT2D eigenvalue weighted by Crippen LogP contribution is -2.51. The van der Waals surface area contributed by atoms with Crippen LogP contribution in [-0.4, -0.2) is 84.6 Å². The number of carbonyl (C=O) groups is 1. The van der Waals surface area contributed by atoms with Gasteiger partial charge in [0.15, 0.2) is 0 Å². The van der Waals surface area contributed by atoms with Gasteiger partial charge in [-0.05, 0) is 96.3 Å². The zero-order valence-corrected chi connectivity index (χ0v) is 37.5. The molecule has 1 amide bonds. The highest BCUT2D eigenvalue weighted by Crippen LogP contribution is 2.43. The number of phosphoric acid groups is 1. The first-order valence-electron chi connectivity index (χ1n) is 22.0. The normalized spacial score (nSPS) is 15.7. The molecule has 0 aliphatic carbocycles. The molecular weight excluding hydrogens is 735 g/mol. The topological polar surface area (TPSA) is 125 Å².